The van der Waals surface area contributed by atoms with E-state index in [1.807, 2.05) is 13.0 Å². The van der Waals surface area contributed by atoms with E-state index in [1.54, 1.807) is 0 Å². The Morgan fingerprint density at radius 2 is 2.00 bits per heavy atom. The largest absolute Gasteiger partial charge is 0.496 e. The number of aliphatic hydroxyl groups excluding tert-OH is 1. The molecule has 0 radical (unpaired) electrons. The van der Waals surface area contributed by atoms with Gasteiger partial charge in [-0.1, -0.05) is 34.1 Å². The molecule has 1 unspecified atom stereocenters. The second-order valence-electron chi connectivity index (χ2n) is 4.80. The third kappa shape index (κ3) is 6.56. The molecule has 1 atom stereocenters. The minimum atomic E-state index is -0.360. The molecule has 0 rings (SSSR count). The highest BCUT2D eigenvalue weighted by atomic mass is 16.5. The van der Waals surface area contributed by atoms with Gasteiger partial charge in [-0.15, -0.1) is 0 Å². The minimum Gasteiger partial charge on any atom is -0.496 e. The van der Waals surface area contributed by atoms with Gasteiger partial charge in [-0.05, 0) is 24.8 Å². The molecule has 0 aromatic heterocycles. The first-order valence-electron chi connectivity index (χ1n) is 5.91. The smallest absolute Gasteiger partial charge is 0.114 e. The van der Waals surface area contributed by atoms with Crippen molar-refractivity contribution >= 4 is 0 Å². The zero-order chi connectivity index (χ0) is 11.9. The number of hydrogen-bond donors (Lipinski definition) is 1. The van der Waals surface area contributed by atoms with Crippen LogP contribution in [-0.2, 0) is 4.74 Å². The number of ether oxygens (including phenoxy) is 1. The van der Waals surface area contributed by atoms with Crippen molar-refractivity contribution in [3.05, 3.63) is 11.8 Å². The molecule has 1 N–H and O–H groups in total. The van der Waals surface area contributed by atoms with Crippen LogP contribution in [0.1, 0.15) is 53.9 Å². The molecule has 15 heavy (non-hydrogen) atoms. The first kappa shape index (κ1) is 14.5. The molecule has 0 spiro atoms. The summed E-state index contributed by atoms with van der Waals surface area (Å²) in [6.07, 6.45) is 4.36. The molecule has 2 heteroatoms. The molecule has 0 aliphatic heterocycles. The van der Waals surface area contributed by atoms with E-state index >= 15 is 0 Å². The molecule has 0 heterocycles. The summed E-state index contributed by atoms with van der Waals surface area (Å²) in [4.78, 5) is 0. The van der Waals surface area contributed by atoms with E-state index in [-0.39, 0.29) is 11.5 Å². The summed E-state index contributed by atoms with van der Waals surface area (Å²) in [5.74, 6) is 0.961. The summed E-state index contributed by atoms with van der Waals surface area (Å²) < 4.78 is 5.50. The van der Waals surface area contributed by atoms with Crippen LogP contribution in [-0.4, -0.2) is 17.8 Å². The lowest BCUT2D eigenvalue weighted by Crippen LogP contribution is -2.24. The third-order valence-corrected chi connectivity index (χ3v) is 2.88. The zero-order valence-electron chi connectivity index (χ0n) is 10.8. The van der Waals surface area contributed by atoms with Crippen molar-refractivity contribution in [2.75, 3.05) is 6.61 Å². The van der Waals surface area contributed by atoms with Gasteiger partial charge < -0.3 is 9.84 Å². The van der Waals surface area contributed by atoms with Crippen molar-refractivity contribution in [2.45, 2.75) is 60.0 Å². The Bertz CT molecular complexity index is 195. The highest BCUT2D eigenvalue weighted by Gasteiger charge is 2.20. The Labute approximate surface area is 94.3 Å². The highest BCUT2D eigenvalue weighted by Crippen LogP contribution is 2.26. The average Bonchev–Trinajstić information content (AvgIpc) is 2.19. The fourth-order valence-electron chi connectivity index (χ4n) is 1.43. The molecule has 0 saturated carbocycles. The predicted octanol–water partition coefficient (Wildman–Crippen LogP) is 3.50. The van der Waals surface area contributed by atoms with E-state index in [9.17, 15) is 5.11 Å². The van der Waals surface area contributed by atoms with E-state index in [1.165, 1.54) is 0 Å². The van der Waals surface area contributed by atoms with Gasteiger partial charge in [-0.3, -0.25) is 0 Å². The van der Waals surface area contributed by atoms with Crippen LogP contribution in [0.3, 0.4) is 0 Å². The van der Waals surface area contributed by atoms with Crippen LogP contribution in [0.25, 0.3) is 0 Å². The summed E-state index contributed by atoms with van der Waals surface area (Å²) in [6.45, 7) is 10.9. The molecule has 0 aromatic carbocycles. The third-order valence-electron chi connectivity index (χ3n) is 2.88. The molecule has 0 amide bonds. The SMILES string of the molecule is C/C=C(\CC)OCC(O)CC(C)(C)CC. The molecular weight excluding hydrogens is 188 g/mol. The number of rotatable bonds is 7. The van der Waals surface area contributed by atoms with Crippen LogP contribution < -0.4 is 0 Å². The number of hydrogen-bond acceptors (Lipinski definition) is 2. The minimum absolute atomic E-state index is 0.199. The standard InChI is InChI=1S/C13H26O2/c1-6-12(7-2)15-10-11(14)9-13(4,5)8-3/h6,11,14H,7-10H2,1-5H3/b12-6+. The van der Waals surface area contributed by atoms with Crippen LogP contribution in [0, 0.1) is 5.41 Å². The molecule has 2 nitrogen and oxygen atoms in total. The van der Waals surface area contributed by atoms with Gasteiger partial charge in [0.2, 0.25) is 0 Å². The normalized spacial score (nSPS) is 15.2. The topological polar surface area (TPSA) is 29.5 Å². The lowest BCUT2D eigenvalue weighted by molar-refractivity contribution is 0.0373. The quantitative estimate of drug-likeness (QED) is 0.657. The Balaban J connectivity index is 3.89. The molecule has 0 aromatic rings. The van der Waals surface area contributed by atoms with Crippen molar-refractivity contribution in [1.82, 2.24) is 0 Å². The Kier molecular flexibility index (Phi) is 6.66. The lowest BCUT2D eigenvalue weighted by Gasteiger charge is -2.26. The van der Waals surface area contributed by atoms with E-state index < -0.39 is 0 Å². The van der Waals surface area contributed by atoms with Crippen molar-refractivity contribution in [3.8, 4) is 0 Å². The maximum absolute atomic E-state index is 9.80. The molecule has 0 fully saturated rings. The fourth-order valence-corrected chi connectivity index (χ4v) is 1.43. The first-order chi connectivity index (χ1) is 6.95. The Morgan fingerprint density at radius 1 is 1.40 bits per heavy atom. The molecule has 0 bridgehead atoms. The first-order valence-corrected chi connectivity index (χ1v) is 5.91. The van der Waals surface area contributed by atoms with Crippen molar-refractivity contribution in [2.24, 2.45) is 5.41 Å². The average molecular weight is 214 g/mol. The highest BCUT2D eigenvalue weighted by molar-refractivity contribution is 4.89. The van der Waals surface area contributed by atoms with Crippen LogP contribution in [0.2, 0.25) is 0 Å². The second kappa shape index (κ2) is 6.89. The maximum Gasteiger partial charge on any atom is 0.114 e. The summed E-state index contributed by atoms with van der Waals surface area (Å²) in [6, 6.07) is 0. The van der Waals surface area contributed by atoms with Crippen LogP contribution in [0.15, 0.2) is 11.8 Å². The Morgan fingerprint density at radius 3 is 2.40 bits per heavy atom. The molecular formula is C13H26O2. The van der Waals surface area contributed by atoms with Gasteiger partial charge in [-0.25, -0.2) is 0 Å². The lowest BCUT2D eigenvalue weighted by atomic mass is 9.84. The summed E-state index contributed by atoms with van der Waals surface area (Å²) >= 11 is 0. The van der Waals surface area contributed by atoms with E-state index in [0.29, 0.717) is 6.61 Å². The van der Waals surface area contributed by atoms with Crippen molar-refractivity contribution < 1.29 is 9.84 Å². The summed E-state index contributed by atoms with van der Waals surface area (Å²) in [5.41, 5.74) is 0.199. The zero-order valence-corrected chi connectivity index (χ0v) is 10.8. The Hall–Kier alpha value is -0.500. The molecule has 90 valence electrons. The van der Waals surface area contributed by atoms with Crippen LogP contribution >= 0.6 is 0 Å². The maximum atomic E-state index is 9.80. The predicted molar refractivity (Wildman–Crippen MR) is 64.7 cm³/mol. The van der Waals surface area contributed by atoms with Gasteiger partial charge in [0.25, 0.3) is 0 Å². The number of allylic oxidation sites excluding steroid dienone is 2. The van der Waals surface area contributed by atoms with Crippen LogP contribution in [0.4, 0.5) is 0 Å². The second-order valence-corrected chi connectivity index (χ2v) is 4.80. The summed E-state index contributed by atoms with van der Waals surface area (Å²) in [5, 5.41) is 9.80. The fraction of sp³-hybridized carbons (Fsp3) is 0.846. The summed E-state index contributed by atoms with van der Waals surface area (Å²) in [7, 11) is 0. The molecule has 0 aliphatic rings. The monoisotopic (exact) mass is 214 g/mol. The van der Waals surface area contributed by atoms with Gasteiger partial charge in [-0.2, -0.15) is 0 Å². The van der Waals surface area contributed by atoms with E-state index in [4.69, 9.17) is 4.74 Å². The van der Waals surface area contributed by atoms with Gasteiger partial charge in [0.05, 0.1) is 11.9 Å². The number of aliphatic hydroxyl groups is 1. The van der Waals surface area contributed by atoms with Gasteiger partial charge >= 0.3 is 0 Å². The van der Waals surface area contributed by atoms with Gasteiger partial charge in [0.1, 0.15) is 6.61 Å². The van der Waals surface area contributed by atoms with Crippen molar-refractivity contribution in [1.29, 1.82) is 0 Å². The molecule has 0 aliphatic carbocycles. The van der Waals surface area contributed by atoms with Crippen molar-refractivity contribution in [3.63, 3.8) is 0 Å². The van der Waals surface area contributed by atoms with E-state index in [0.717, 1.165) is 25.0 Å². The van der Waals surface area contributed by atoms with Gasteiger partial charge in [0, 0.05) is 6.42 Å². The van der Waals surface area contributed by atoms with Gasteiger partial charge in [0.15, 0.2) is 0 Å². The van der Waals surface area contributed by atoms with E-state index in [2.05, 4.69) is 27.7 Å². The molecule has 0 saturated heterocycles. The van der Waals surface area contributed by atoms with Crippen LogP contribution in [0.5, 0.6) is 0 Å².